The molecule has 0 N–H and O–H groups in total. The third kappa shape index (κ3) is 2.73. The van der Waals surface area contributed by atoms with E-state index < -0.39 is 0 Å². The van der Waals surface area contributed by atoms with Crippen molar-refractivity contribution < 1.29 is 4.79 Å². The highest BCUT2D eigenvalue weighted by atomic mass is 79.9. The lowest BCUT2D eigenvalue weighted by molar-refractivity contribution is -0.125. The number of Topliss-reactive ketones (excluding diaryl/α,β-unsaturated/α-hetero) is 1. The zero-order valence-corrected chi connectivity index (χ0v) is 11.2. The maximum atomic E-state index is 11.8. The molecule has 0 aliphatic heterocycles. The van der Waals surface area contributed by atoms with Gasteiger partial charge in [0.25, 0.3) is 0 Å². The lowest BCUT2D eigenvalue weighted by Gasteiger charge is -2.25. The fourth-order valence-electron chi connectivity index (χ4n) is 2.45. The largest absolute Gasteiger partial charge is 0.299 e. The molecule has 0 saturated heterocycles. The number of carbonyl (C=O) groups is 1. The van der Waals surface area contributed by atoms with E-state index in [1.165, 1.54) is 5.56 Å². The van der Waals surface area contributed by atoms with Crippen LogP contribution in [0.5, 0.6) is 0 Å². The van der Waals surface area contributed by atoms with Crippen molar-refractivity contribution in [3.05, 3.63) is 34.3 Å². The van der Waals surface area contributed by atoms with Crippen LogP contribution in [0, 0.1) is 11.8 Å². The van der Waals surface area contributed by atoms with Crippen LogP contribution in [0.25, 0.3) is 0 Å². The van der Waals surface area contributed by atoms with Crippen LogP contribution < -0.4 is 0 Å². The van der Waals surface area contributed by atoms with Gasteiger partial charge in [0.05, 0.1) is 0 Å². The van der Waals surface area contributed by atoms with Gasteiger partial charge in [0.2, 0.25) is 0 Å². The highest BCUT2D eigenvalue weighted by Crippen LogP contribution is 2.30. The lowest BCUT2D eigenvalue weighted by Crippen LogP contribution is -2.25. The Hall–Kier alpha value is -0.630. The quantitative estimate of drug-likeness (QED) is 0.801. The molecule has 0 aromatic heterocycles. The van der Waals surface area contributed by atoms with Crippen LogP contribution in [0.15, 0.2) is 28.7 Å². The van der Waals surface area contributed by atoms with Gasteiger partial charge in [0, 0.05) is 16.8 Å². The number of benzene rings is 1. The molecule has 1 fully saturated rings. The molecular formula is C14H17BrO. The molecule has 0 radical (unpaired) electrons. The average molecular weight is 281 g/mol. The molecule has 1 aromatic rings. The lowest BCUT2D eigenvalue weighted by atomic mass is 9.78. The zero-order valence-electron chi connectivity index (χ0n) is 9.58. The van der Waals surface area contributed by atoms with Gasteiger partial charge in [-0.3, -0.25) is 4.79 Å². The first-order valence-corrected chi connectivity index (χ1v) is 6.72. The first-order chi connectivity index (χ1) is 7.66. The topological polar surface area (TPSA) is 17.1 Å². The number of rotatable bonds is 2. The SMILES string of the molecule is C[C@H]1CCC(=O)[C@H](Cc2ccccc2Br)C1. The van der Waals surface area contributed by atoms with Crippen LogP contribution >= 0.6 is 15.9 Å². The predicted octanol–water partition coefficient (Wildman–Crippen LogP) is 4.00. The molecule has 1 nitrogen and oxygen atoms in total. The Kier molecular flexibility index (Phi) is 3.80. The molecule has 1 aliphatic carbocycles. The number of hydrogen-bond donors (Lipinski definition) is 0. The summed E-state index contributed by atoms with van der Waals surface area (Å²) in [6.45, 7) is 2.25. The van der Waals surface area contributed by atoms with Gasteiger partial charge in [-0.25, -0.2) is 0 Å². The number of halogens is 1. The van der Waals surface area contributed by atoms with Crippen LogP contribution in [-0.4, -0.2) is 5.78 Å². The minimum absolute atomic E-state index is 0.238. The van der Waals surface area contributed by atoms with Crippen molar-refractivity contribution in [2.75, 3.05) is 0 Å². The van der Waals surface area contributed by atoms with E-state index in [0.717, 1.165) is 30.2 Å². The summed E-state index contributed by atoms with van der Waals surface area (Å²) in [4.78, 5) is 11.8. The smallest absolute Gasteiger partial charge is 0.136 e. The van der Waals surface area contributed by atoms with E-state index in [4.69, 9.17) is 0 Å². The van der Waals surface area contributed by atoms with E-state index in [2.05, 4.69) is 28.9 Å². The van der Waals surface area contributed by atoms with Crippen molar-refractivity contribution in [3.63, 3.8) is 0 Å². The van der Waals surface area contributed by atoms with E-state index in [1.54, 1.807) is 0 Å². The van der Waals surface area contributed by atoms with Crippen LogP contribution in [-0.2, 0) is 11.2 Å². The molecular weight excluding hydrogens is 264 g/mol. The maximum absolute atomic E-state index is 11.8. The van der Waals surface area contributed by atoms with Crippen molar-refractivity contribution in [1.82, 2.24) is 0 Å². The first-order valence-electron chi connectivity index (χ1n) is 5.93. The monoisotopic (exact) mass is 280 g/mol. The average Bonchev–Trinajstić information content (AvgIpc) is 2.27. The van der Waals surface area contributed by atoms with E-state index in [0.29, 0.717) is 11.7 Å². The minimum atomic E-state index is 0.238. The summed E-state index contributed by atoms with van der Waals surface area (Å²) >= 11 is 3.55. The molecule has 2 atom stereocenters. The van der Waals surface area contributed by atoms with Crippen LogP contribution in [0.2, 0.25) is 0 Å². The second-order valence-corrected chi connectivity index (χ2v) is 5.69. The molecule has 1 saturated carbocycles. The highest BCUT2D eigenvalue weighted by molar-refractivity contribution is 9.10. The Bertz CT molecular complexity index is 386. The molecule has 0 bridgehead atoms. The van der Waals surface area contributed by atoms with Gasteiger partial charge >= 0.3 is 0 Å². The third-order valence-corrected chi connectivity index (χ3v) is 4.22. The molecule has 0 amide bonds. The van der Waals surface area contributed by atoms with Gasteiger partial charge in [-0.15, -0.1) is 0 Å². The van der Waals surface area contributed by atoms with Gasteiger partial charge < -0.3 is 0 Å². The van der Waals surface area contributed by atoms with Crippen LogP contribution in [0.1, 0.15) is 31.7 Å². The molecule has 16 heavy (non-hydrogen) atoms. The van der Waals surface area contributed by atoms with E-state index in [1.807, 2.05) is 18.2 Å². The maximum Gasteiger partial charge on any atom is 0.136 e. The fourth-order valence-corrected chi connectivity index (χ4v) is 2.90. The minimum Gasteiger partial charge on any atom is -0.299 e. The summed E-state index contributed by atoms with van der Waals surface area (Å²) in [5, 5.41) is 0. The summed E-state index contributed by atoms with van der Waals surface area (Å²) in [5.41, 5.74) is 1.26. The molecule has 0 unspecified atom stereocenters. The standard InChI is InChI=1S/C14H17BrO/c1-10-6-7-14(16)12(8-10)9-11-4-2-3-5-13(11)15/h2-5,10,12H,6-9H2,1H3/t10-,12-/m0/s1. The van der Waals surface area contributed by atoms with E-state index >= 15 is 0 Å². The van der Waals surface area contributed by atoms with E-state index in [-0.39, 0.29) is 5.92 Å². The van der Waals surface area contributed by atoms with Gasteiger partial charge in [-0.2, -0.15) is 0 Å². The normalized spacial score (nSPS) is 25.8. The molecule has 1 aromatic carbocycles. The van der Waals surface area contributed by atoms with Crippen molar-refractivity contribution >= 4 is 21.7 Å². The van der Waals surface area contributed by atoms with Crippen molar-refractivity contribution in [2.24, 2.45) is 11.8 Å². The summed E-state index contributed by atoms with van der Waals surface area (Å²) < 4.78 is 1.13. The number of carbonyl (C=O) groups excluding carboxylic acids is 1. The molecule has 2 rings (SSSR count). The van der Waals surface area contributed by atoms with Gasteiger partial charge in [0.15, 0.2) is 0 Å². The van der Waals surface area contributed by atoms with Gasteiger partial charge in [-0.05, 0) is 36.8 Å². The number of hydrogen-bond acceptors (Lipinski definition) is 1. The summed E-state index contributed by atoms with van der Waals surface area (Å²) in [5.74, 6) is 1.39. The Morgan fingerprint density at radius 1 is 1.38 bits per heavy atom. The second-order valence-electron chi connectivity index (χ2n) is 4.84. The molecule has 1 aliphatic rings. The Morgan fingerprint density at radius 2 is 2.12 bits per heavy atom. The molecule has 2 heteroatoms. The summed E-state index contributed by atoms with van der Waals surface area (Å²) in [6, 6.07) is 8.21. The summed E-state index contributed by atoms with van der Waals surface area (Å²) in [7, 11) is 0. The van der Waals surface area contributed by atoms with Crippen molar-refractivity contribution in [3.8, 4) is 0 Å². The Balaban J connectivity index is 2.09. The Labute approximate surface area is 105 Å². The van der Waals surface area contributed by atoms with Gasteiger partial charge in [0.1, 0.15) is 5.78 Å². The molecule has 0 spiro atoms. The van der Waals surface area contributed by atoms with Crippen LogP contribution in [0.3, 0.4) is 0 Å². The van der Waals surface area contributed by atoms with E-state index in [9.17, 15) is 4.79 Å². The molecule has 0 heterocycles. The second kappa shape index (κ2) is 5.13. The molecule has 86 valence electrons. The highest BCUT2D eigenvalue weighted by Gasteiger charge is 2.26. The third-order valence-electron chi connectivity index (χ3n) is 3.45. The van der Waals surface area contributed by atoms with Crippen molar-refractivity contribution in [1.29, 1.82) is 0 Å². The van der Waals surface area contributed by atoms with Crippen molar-refractivity contribution in [2.45, 2.75) is 32.6 Å². The summed E-state index contributed by atoms with van der Waals surface area (Å²) in [6.07, 6.45) is 3.80. The fraction of sp³-hybridized carbons (Fsp3) is 0.500. The van der Waals surface area contributed by atoms with Crippen LogP contribution in [0.4, 0.5) is 0 Å². The number of ketones is 1. The predicted molar refractivity (Wildman–Crippen MR) is 69.4 cm³/mol. The zero-order chi connectivity index (χ0) is 11.5. The first kappa shape index (κ1) is 11.8. The Morgan fingerprint density at radius 3 is 2.88 bits per heavy atom. The van der Waals surface area contributed by atoms with Gasteiger partial charge in [-0.1, -0.05) is 41.1 Å².